The summed E-state index contributed by atoms with van der Waals surface area (Å²) >= 11 is 0. The number of ketones is 1. The van der Waals surface area contributed by atoms with Crippen molar-refractivity contribution < 1.29 is 46.5 Å². The van der Waals surface area contributed by atoms with Gasteiger partial charge in [0.1, 0.15) is 0 Å². The van der Waals surface area contributed by atoms with E-state index in [1.807, 2.05) is 0 Å². The van der Waals surface area contributed by atoms with Crippen LogP contribution in [-0.2, 0) is 14.3 Å². The minimum Gasteiger partial charge on any atom is -0.493 e. The van der Waals surface area contributed by atoms with Crippen LogP contribution in [0.4, 0.5) is 24.5 Å². The summed E-state index contributed by atoms with van der Waals surface area (Å²) in [4.78, 5) is 35.6. The lowest BCUT2D eigenvalue weighted by atomic mass is 10.2. The van der Waals surface area contributed by atoms with Crippen LogP contribution in [0.15, 0.2) is 48.7 Å². The van der Waals surface area contributed by atoms with Crippen LogP contribution in [0.3, 0.4) is 0 Å². The van der Waals surface area contributed by atoms with E-state index in [-0.39, 0.29) is 23.0 Å². The predicted octanol–water partition coefficient (Wildman–Crippen LogP) is 3.56. The Bertz CT molecular complexity index is 1060. The number of alkyl halides is 3. The zero-order chi connectivity index (χ0) is 25.3. The molecule has 12 heteroatoms. The Morgan fingerprint density at radius 2 is 1.59 bits per heavy atom. The van der Waals surface area contributed by atoms with Gasteiger partial charge in [0.25, 0.3) is 11.7 Å². The zero-order valence-electron chi connectivity index (χ0n) is 18.3. The fourth-order valence-electron chi connectivity index (χ4n) is 2.65. The van der Waals surface area contributed by atoms with Gasteiger partial charge < -0.3 is 29.6 Å². The summed E-state index contributed by atoms with van der Waals surface area (Å²) in [5.74, 6) is -2.74. The number of ether oxygens (including phenoxy) is 4. The van der Waals surface area contributed by atoms with Crippen molar-refractivity contribution in [1.29, 1.82) is 0 Å². The first kappa shape index (κ1) is 26.0. The first-order chi connectivity index (χ1) is 16.1. The Morgan fingerprint density at radius 1 is 0.971 bits per heavy atom. The summed E-state index contributed by atoms with van der Waals surface area (Å²) in [5.41, 5.74) is 0.299. The van der Waals surface area contributed by atoms with E-state index in [0.29, 0.717) is 17.2 Å². The van der Waals surface area contributed by atoms with Crippen LogP contribution in [0.5, 0.6) is 17.2 Å². The van der Waals surface area contributed by atoms with Crippen LogP contribution < -0.4 is 24.8 Å². The Balaban J connectivity index is 2.03. The quantitative estimate of drug-likeness (QED) is 0.391. The molecule has 0 radical (unpaired) electrons. The smallest absolute Gasteiger partial charge is 0.454 e. The molecule has 2 aromatic carbocycles. The average molecular weight is 482 g/mol. The maximum atomic E-state index is 12.4. The molecule has 2 N–H and O–H groups in total. The molecule has 0 fully saturated rings. The Morgan fingerprint density at radius 3 is 2.15 bits per heavy atom. The molecule has 0 spiro atoms. The Kier molecular flexibility index (Phi) is 8.87. The van der Waals surface area contributed by atoms with Crippen molar-refractivity contribution >= 4 is 29.0 Å². The highest BCUT2D eigenvalue weighted by Gasteiger charge is 2.36. The molecule has 182 valence electrons. The number of nitrogens with one attached hydrogen (secondary N) is 2. The second-order valence-electron chi connectivity index (χ2n) is 6.42. The molecule has 0 aliphatic heterocycles. The van der Waals surface area contributed by atoms with Gasteiger partial charge in [-0.15, -0.1) is 0 Å². The Hall–Kier alpha value is -4.22. The number of amides is 1. The molecule has 0 heterocycles. The SMILES string of the molecule is COc1cc(NC(=O)COC(=O)c2ccccc2N/C=C/C(=O)C(F)(F)F)cc(OC)c1OC. The third kappa shape index (κ3) is 6.89. The number of carbonyl (C=O) groups is 3. The summed E-state index contributed by atoms with van der Waals surface area (Å²) < 4.78 is 57.4. The molecule has 9 nitrogen and oxygen atoms in total. The van der Waals surface area contributed by atoms with Crippen LogP contribution in [0.2, 0.25) is 0 Å². The second kappa shape index (κ2) is 11.6. The number of benzene rings is 2. The van der Waals surface area contributed by atoms with Gasteiger partial charge in [-0.05, 0) is 12.1 Å². The van der Waals surface area contributed by atoms with Crippen molar-refractivity contribution in [2.75, 3.05) is 38.6 Å². The molecular formula is C22H21F3N2O7. The van der Waals surface area contributed by atoms with Crippen molar-refractivity contribution in [1.82, 2.24) is 0 Å². The van der Waals surface area contributed by atoms with E-state index in [9.17, 15) is 27.6 Å². The monoisotopic (exact) mass is 482 g/mol. The number of esters is 1. The van der Waals surface area contributed by atoms with Gasteiger partial charge in [0, 0.05) is 30.1 Å². The number of carbonyl (C=O) groups excluding carboxylic acids is 3. The normalized spacial score (nSPS) is 11.0. The molecule has 2 rings (SSSR count). The van der Waals surface area contributed by atoms with E-state index in [0.717, 1.165) is 6.20 Å². The van der Waals surface area contributed by atoms with E-state index >= 15 is 0 Å². The molecule has 0 bridgehead atoms. The Labute approximate surface area is 192 Å². The van der Waals surface area contributed by atoms with Gasteiger partial charge in [-0.1, -0.05) is 12.1 Å². The summed E-state index contributed by atoms with van der Waals surface area (Å²) in [6.45, 7) is -0.660. The molecule has 0 saturated heterocycles. The summed E-state index contributed by atoms with van der Waals surface area (Å²) in [6.07, 6.45) is -3.98. The molecule has 1 amide bonds. The molecule has 0 aliphatic rings. The van der Waals surface area contributed by atoms with E-state index in [1.165, 1.54) is 57.7 Å². The lowest BCUT2D eigenvalue weighted by molar-refractivity contribution is -0.165. The highest BCUT2D eigenvalue weighted by Crippen LogP contribution is 2.39. The number of hydrogen-bond donors (Lipinski definition) is 2. The van der Waals surface area contributed by atoms with Crippen LogP contribution in [0, 0.1) is 0 Å². The molecule has 0 atom stereocenters. The van der Waals surface area contributed by atoms with Crippen LogP contribution in [0.1, 0.15) is 10.4 Å². The van der Waals surface area contributed by atoms with Gasteiger partial charge in [-0.2, -0.15) is 13.2 Å². The molecule has 2 aromatic rings. The van der Waals surface area contributed by atoms with Crippen molar-refractivity contribution in [3.05, 3.63) is 54.2 Å². The molecule has 0 aliphatic carbocycles. The van der Waals surface area contributed by atoms with Gasteiger partial charge in [0.05, 0.1) is 32.6 Å². The predicted molar refractivity (Wildman–Crippen MR) is 115 cm³/mol. The number of rotatable bonds is 10. The lowest BCUT2D eigenvalue weighted by Gasteiger charge is -2.14. The minimum atomic E-state index is -5.01. The average Bonchev–Trinajstić information content (AvgIpc) is 2.81. The standard InChI is InChI=1S/C22H21F3N2O7/c1-31-16-10-13(11-17(32-2)20(16)33-3)27-19(29)12-34-21(30)14-6-4-5-7-15(14)26-9-8-18(28)22(23,24)25/h4-11,26H,12H2,1-3H3,(H,27,29)/b9-8+. The molecule has 0 aromatic heterocycles. The van der Waals surface area contributed by atoms with Crippen LogP contribution in [-0.4, -0.2) is 51.8 Å². The second-order valence-corrected chi connectivity index (χ2v) is 6.42. The third-order valence-electron chi connectivity index (χ3n) is 4.18. The number of hydrogen-bond acceptors (Lipinski definition) is 8. The van der Waals surface area contributed by atoms with E-state index in [4.69, 9.17) is 18.9 Å². The first-order valence-corrected chi connectivity index (χ1v) is 9.51. The number of methoxy groups -OCH3 is 3. The van der Waals surface area contributed by atoms with Gasteiger partial charge >= 0.3 is 12.1 Å². The molecule has 0 unspecified atom stereocenters. The van der Waals surface area contributed by atoms with Crippen LogP contribution >= 0.6 is 0 Å². The maximum Gasteiger partial charge on any atom is 0.454 e. The minimum absolute atomic E-state index is 0.0628. The molecule has 34 heavy (non-hydrogen) atoms. The number of halogens is 3. The largest absolute Gasteiger partial charge is 0.493 e. The van der Waals surface area contributed by atoms with Crippen molar-refractivity contribution in [3.8, 4) is 17.2 Å². The van der Waals surface area contributed by atoms with Crippen LogP contribution in [0.25, 0.3) is 0 Å². The van der Waals surface area contributed by atoms with Gasteiger partial charge in [-0.25, -0.2) is 4.79 Å². The molecular weight excluding hydrogens is 461 g/mol. The van der Waals surface area contributed by atoms with Gasteiger partial charge in [0.2, 0.25) is 5.75 Å². The molecule has 0 saturated carbocycles. The van der Waals surface area contributed by atoms with Crippen molar-refractivity contribution in [2.24, 2.45) is 0 Å². The highest BCUT2D eigenvalue weighted by molar-refractivity contribution is 5.99. The lowest BCUT2D eigenvalue weighted by Crippen LogP contribution is -2.21. The maximum absolute atomic E-state index is 12.4. The fourth-order valence-corrected chi connectivity index (χ4v) is 2.65. The zero-order valence-corrected chi connectivity index (χ0v) is 18.3. The third-order valence-corrected chi connectivity index (χ3v) is 4.18. The summed E-state index contributed by atoms with van der Waals surface area (Å²) in [7, 11) is 4.24. The fraction of sp³-hybridized carbons (Fsp3) is 0.227. The summed E-state index contributed by atoms with van der Waals surface area (Å²) in [6, 6.07) is 8.68. The van der Waals surface area contributed by atoms with E-state index in [1.54, 1.807) is 0 Å². The number of para-hydroxylation sites is 1. The first-order valence-electron chi connectivity index (χ1n) is 9.51. The van der Waals surface area contributed by atoms with Gasteiger partial charge in [-0.3, -0.25) is 9.59 Å². The highest BCUT2D eigenvalue weighted by atomic mass is 19.4. The number of allylic oxidation sites excluding steroid dienone is 1. The summed E-state index contributed by atoms with van der Waals surface area (Å²) in [5, 5.41) is 4.94. The van der Waals surface area contributed by atoms with Crippen molar-refractivity contribution in [3.63, 3.8) is 0 Å². The van der Waals surface area contributed by atoms with E-state index in [2.05, 4.69) is 10.6 Å². The van der Waals surface area contributed by atoms with Crippen molar-refractivity contribution in [2.45, 2.75) is 6.18 Å². The topological polar surface area (TPSA) is 112 Å². The van der Waals surface area contributed by atoms with Gasteiger partial charge in [0.15, 0.2) is 18.1 Å². The number of anilines is 2. The van der Waals surface area contributed by atoms with E-state index < -0.39 is 30.4 Å².